The summed E-state index contributed by atoms with van der Waals surface area (Å²) < 4.78 is 0. The molecule has 0 aliphatic carbocycles. The molecule has 1 aromatic rings. The molecule has 21 heavy (non-hydrogen) atoms. The first-order valence-electron chi connectivity index (χ1n) is 6.65. The average Bonchev–Trinajstić information content (AvgIpc) is 2.46. The van der Waals surface area contributed by atoms with E-state index in [0.717, 1.165) is 5.56 Å². The first-order chi connectivity index (χ1) is 9.92. The number of anilines is 1. The second kappa shape index (κ2) is 7.90. The van der Waals surface area contributed by atoms with Crippen LogP contribution in [0.4, 0.5) is 10.5 Å². The smallest absolute Gasteiger partial charge is 0.321 e. The van der Waals surface area contributed by atoms with Crippen LogP contribution in [-0.2, 0) is 11.2 Å². The van der Waals surface area contributed by atoms with Gasteiger partial charge in [-0.05, 0) is 31.0 Å². The lowest BCUT2D eigenvalue weighted by molar-refractivity contribution is -0.136. The Labute approximate surface area is 124 Å². The molecule has 0 saturated heterocycles. The number of nitriles is 1. The number of nitrogens with one attached hydrogen (secondary N) is 1. The van der Waals surface area contributed by atoms with Gasteiger partial charge in [0, 0.05) is 25.7 Å². The summed E-state index contributed by atoms with van der Waals surface area (Å²) in [4.78, 5) is 23.8. The Morgan fingerprint density at radius 1 is 1.38 bits per heavy atom. The van der Waals surface area contributed by atoms with Gasteiger partial charge in [-0.25, -0.2) is 4.79 Å². The van der Waals surface area contributed by atoms with Gasteiger partial charge in [-0.15, -0.1) is 0 Å². The summed E-state index contributed by atoms with van der Waals surface area (Å²) in [6, 6.07) is 8.84. The summed E-state index contributed by atoms with van der Waals surface area (Å²) in [5.74, 6) is -1.06. The minimum atomic E-state index is -0.833. The number of urea groups is 1. The van der Waals surface area contributed by atoms with Gasteiger partial charge < -0.3 is 15.3 Å². The van der Waals surface area contributed by atoms with E-state index in [4.69, 9.17) is 10.4 Å². The molecule has 0 radical (unpaired) electrons. The Balaban J connectivity index is 2.53. The summed E-state index contributed by atoms with van der Waals surface area (Å²) in [6.45, 7) is 2.11. The predicted molar refractivity (Wildman–Crippen MR) is 78.8 cm³/mol. The molecular formula is C15H19N3O3. The molecule has 0 spiro atoms. The van der Waals surface area contributed by atoms with Crippen molar-refractivity contribution in [2.24, 2.45) is 5.92 Å². The maximum absolute atomic E-state index is 11.9. The molecule has 0 aliphatic rings. The fraction of sp³-hybridized carbons (Fsp3) is 0.400. The van der Waals surface area contributed by atoms with E-state index < -0.39 is 5.97 Å². The average molecular weight is 289 g/mol. The summed E-state index contributed by atoms with van der Waals surface area (Å²) in [5, 5.41) is 20.1. The molecule has 1 aromatic carbocycles. The number of aliphatic carboxylic acids is 1. The van der Waals surface area contributed by atoms with Crippen molar-refractivity contribution in [3.63, 3.8) is 0 Å². The van der Waals surface area contributed by atoms with E-state index in [0.29, 0.717) is 18.7 Å². The maximum Gasteiger partial charge on any atom is 0.321 e. The Morgan fingerprint density at radius 3 is 2.52 bits per heavy atom. The third-order valence-electron chi connectivity index (χ3n) is 2.95. The number of carbonyl (C=O) groups excluding carboxylic acids is 1. The highest BCUT2D eigenvalue weighted by atomic mass is 16.4. The molecule has 0 aliphatic heterocycles. The lowest BCUT2D eigenvalue weighted by Crippen LogP contribution is -2.34. The number of nitrogens with zero attached hydrogens (tertiary/aromatic N) is 2. The monoisotopic (exact) mass is 289 g/mol. The minimum Gasteiger partial charge on any atom is -0.481 e. The van der Waals surface area contributed by atoms with Gasteiger partial charge in [0.25, 0.3) is 0 Å². The number of carboxylic acid groups (broad SMARTS) is 1. The first-order valence-corrected chi connectivity index (χ1v) is 6.65. The fourth-order valence-electron chi connectivity index (χ4n) is 1.76. The van der Waals surface area contributed by atoms with Crippen molar-refractivity contribution in [2.45, 2.75) is 19.8 Å². The van der Waals surface area contributed by atoms with Crippen LogP contribution in [0, 0.1) is 17.2 Å². The lowest BCUT2D eigenvalue weighted by atomic mass is 10.1. The zero-order valence-electron chi connectivity index (χ0n) is 12.2. The number of hydrogen-bond donors (Lipinski definition) is 2. The van der Waals surface area contributed by atoms with E-state index in [1.807, 2.05) is 0 Å². The van der Waals surface area contributed by atoms with Crippen molar-refractivity contribution in [3.8, 4) is 6.07 Å². The molecule has 0 bridgehead atoms. The van der Waals surface area contributed by atoms with E-state index in [9.17, 15) is 9.59 Å². The number of benzene rings is 1. The molecule has 6 heteroatoms. The number of aryl methyl sites for hydroxylation is 1. The third kappa shape index (κ3) is 5.95. The normalized spacial score (nSPS) is 11.3. The molecule has 1 atom stereocenters. The van der Waals surface area contributed by atoms with Gasteiger partial charge in [0.15, 0.2) is 0 Å². The van der Waals surface area contributed by atoms with Gasteiger partial charge in [-0.1, -0.05) is 12.1 Å². The second-order valence-electron chi connectivity index (χ2n) is 4.93. The number of rotatable bonds is 6. The Bertz CT molecular complexity index is 534. The Hall–Kier alpha value is -2.55. The van der Waals surface area contributed by atoms with E-state index >= 15 is 0 Å². The van der Waals surface area contributed by atoms with Crippen LogP contribution >= 0.6 is 0 Å². The zero-order valence-corrected chi connectivity index (χ0v) is 12.2. The van der Waals surface area contributed by atoms with Gasteiger partial charge in [0.05, 0.1) is 12.0 Å². The molecule has 112 valence electrons. The standard InChI is InChI=1S/C15H19N3O3/c1-11(9-16)10-18(2)15(21)17-13-6-3-12(4-7-13)5-8-14(19)20/h3-4,6-7,11H,5,8,10H2,1-2H3,(H,17,21)(H,19,20). The second-order valence-corrected chi connectivity index (χ2v) is 4.93. The molecule has 0 saturated carbocycles. The van der Waals surface area contributed by atoms with Crippen molar-refractivity contribution in [2.75, 3.05) is 18.9 Å². The highest BCUT2D eigenvalue weighted by Gasteiger charge is 2.12. The van der Waals surface area contributed by atoms with Crippen LogP contribution in [-0.4, -0.2) is 35.6 Å². The molecule has 2 N–H and O–H groups in total. The molecule has 1 rings (SSSR count). The van der Waals surface area contributed by atoms with Crippen LogP contribution in [0.1, 0.15) is 18.9 Å². The topological polar surface area (TPSA) is 93.4 Å². The van der Waals surface area contributed by atoms with Crippen molar-refractivity contribution >= 4 is 17.7 Å². The van der Waals surface area contributed by atoms with E-state index in [1.165, 1.54) is 4.90 Å². The van der Waals surface area contributed by atoms with Crippen LogP contribution < -0.4 is 5.32 Å². The highest BCUT2D eigenvalue weighted by Crippen LogP contribution is 2.12. The lowest BCUT2D eigenvalue weighted by Gasteiger charge is -2.19. The SMILES string of the molecule is CC(C#N)CN(C)C(=O)Nc1ccc(CCC(=O)O)cc1. The number of amides is 2. The van der Waals surface area contributed by atoms with E-state index in [1.54, 1.807) is 38.2 Å². The van der Waals surface area contributed by atoms with Gasteiger partial charge in [0.1, 0.15) is 0 Å². The molecule has 6 nitrogen and oxygen atoms in total. The zero-order chi connectivity index (χ0) is 15.8. The summed E-state index contributed by atoms with van der Waals surface area (Å²) in [5.41, 5.74) is 1.54. The van der Waals surface area contributed by atoms with Crippen molar-refractivity contribution in [1.29, 1.82) is 5.26 Å². The molecule has 1 unspecified atom stereocenters. The van der Waals surface area contributed by atoms with E-state index in [-0.39, 0.29) is 18.4 Å². The number of carboxylic acids is 1. The van der Waals surface area contributed by atoms with Crippen LogP contribution in [0.2, 0.25) is 0 Å². The largest absolute Gasteiger partial charge is 0.481 e. The summed E-state index contributed by atoms with van der Waals surface area (Å²) in [7, 11) is 1.63. The van der Waals surface area contributed by atoms with Crippen LogP contribution in [0.5, 0.6) is 0 Å². The van der Waals surface area contributed by atoms with Crippen LogP contribution in [0.25, 0.3) is 0 Å². The van der Waals surface area contributed by atoms with Crippen molar-refractivity contribution < 1.29 is 14.7 Å². The molecular weight excluding hydrogens is 270 g/mol. The summed E-state index contributed by atoms with van der Waals surface area (Å²) in [6.07, 6.45) is 0.545. The predicted octanol–water partition coefficient (Wildman–Crippen LogP) is 2.33. The molecule has 0 aromatic heterocycles. The van der Waals surface area contributed by atoms with E-state index in [2.05, 4.69) is 11.4 Å². The fourth-order valence-corrected chi connectivity index (χ4v) is 1.76. The molecule has 0 heterocycles. The van der Waals surface area contributed by atoms with Gasteiger partial charge in [0.2, 0.25) is 0 Å². The minimum absolute atomic E-state index is 0.0838. The maximum atomic E-state index is 11.9. The van der Waals surface area contributed by atoms with Gasteiger partial charge in [-0.3, -0.25) is 4.79 Å². The summed E-state index contributed by atoms with van der Waals surface area (Å²) >= 11 is 0. The quantitative estimate of drug-likeness (QED) is 0.840. The third-order valence-corrected chi connectivity index (χ3v) is 2.95. The highest BCUT2D eigenvalue weighted by molar-refractivity contribution is 5.89. The number of hydrogen-bond acceptors (Lipinski definition) is 3. The van der Waals surface area contributed by atoms with Gasteiger partial charge in [-0.2, -0.15) is 5.26 Å². The first kappa shape index (κ1) is 16.5. The Kier molecular flexibility index (Phi) is 6.21. The molecule has 0 fully saturated rings. The Morgan fingerprint density at radius 2 is 2.00 bits per heavy atom. The number of carbonyl (C=O) groups is 2. The van der Waals surface area contributed by atoms with Crippen LogP contribution in [0.15, 0.2) is 24.3 Å². The van der Waals surface area contributed by atoms with Crippen molar-refractivity contribution in [1.82, 2.24) is 4.90 Å². The van der Waals surface area contributed by atoms with Crippen molar-refractivity contribution in [3.05, 3.63) is 29.8 Å². The molecule has 2 amide bonds. The van der Waals surface area contributed by atoms with Crippen LogP contribution in [0.3, 0.4) is 0 Å². The van der Waals surface area contributed by atoms with Gasteiger partial charge >= 0.3 is 12.0 Å².